The van der Waals surface area contributed by atoms with Crippen molar-refractivity contribution in [3.63, 3.8) is 0 Å². The van der Waals surface area contributed by atoms with Crippen LogP contribution in [-0.4, -0.2) is 85.1 Å². The Bertz CT molecular complexity index is 1120. The average Bonchev–Trinajstić information content (AvgIpc) is 3.10. The Labute approximate surface area is 311 Å². The number of thiol groups is 1. The van der Waals surface area contributed by atoms with Crippen molar-refractivity contribution in [2.24, 2.45) is 0 Å². The first-order valence-corrected chi connectivity index (χ1v) is 22.7. The molecule has 0 saturated heterocycles. The van der Waals surface area contributed by atoms with Gasteiger partial charge in [0.25, 0.3) is 0 Å². The Hall–Kier alpha value is -2.13. The highest BCUT2D eigenvalue weighted by Gasteiger charge is 2.40. The molecule has 0 radical (unpaired) electrons. The van der Waals surface area contributed by atoms with E-state index in [-0.39, 0.29) is 16.7 Å². The van der Waals surface area contributed by atoms with E-state index in [1.807, 2.05) is 90.1 Å². The summed E-state index contributed by atoms with van der Waals surface area (Å²) >= 11 is 5.80. The van der Waals surface area contributed by atoms with Crippen molar-refractivity contribution >= 4 is 48.1 Å². The maximum absolute atomic E-state index is 11.0. The van der Waals surface area contributed by atoms with Gasteiger partial charge in [0.05, 0.1) is 10.2 Å². The van der Waals surface area contributed by atoms with Crippen molar-refractivity contribution in [3.8, 4) is 0 Å². The molecule has 0 aliphatic heterocycles. The van der Waals surface area contributed by atoms with Crippen LogP contribution in [0.1, 0.15) is 70.8 Å². The van der Waals surface area contributed by atoms with Crippen LogP contribution in [0.15, 0.2) is 66.9 Å². The molecular formula is C34H58N2O10S2Si2. The normalized spacial score (nSPS) is 12.1. The SMILES string of the molecule is CCO[Si](CCCS)(OCC)OCC.CCO[Si](CCCSC(C[N+](=O)[O-])c1ccccc1)(OCC)OCC.O=[N+]([O-])/C=C/c1ccccc1. The number of hydrogen-bond donors (Lipinski definition) is 1. The molecule has 0 aliphatic carbocycles. The minimum absolute atomic E-state index is 0.0698. The van der Waals surface area contributed by atoms with Gasteiger partial charge in [0.1, 0.15) is 0 Å². The molecule has 0 fully saturated rings. The van der Waals surface area contributed by atoms with Crippen LogP contribution < -0.4 is 0 Å². The molecule has 0 saturated carbocycles. The Kier molecular flexibility index (Phi) is 29.2. The molecule has 0 spiro atoms. The van der Waals surface area contributed by atoms with Gasteiger partial charge in [-0.05, 0) is 77.0 Å². The van der Waals surface area contributed by atoms with Crippen molar-refractivity contribution in [1.82, 2.24) is 0 Å². The maximum atomic E-state index is 11.0. The lowest BCUT2D eigenvalue weighted by Crippen LogP contribution is -2.46. The van der Waals surface area contributed by atoms with Crippen LogP contribution in [0.3, 0.4) is 0 Å². The summed E-state index contributed by atoms with van der Waals surface area (Å²) in [5.41, 5.74) is 1.83. The molecule has 0 N–H and O–H groups in total. The lowest BCUT2D eigenvalue weighted by molar-refractivity contribution is -0.479. The Balaban J connectivity index is 0.000000805. The Morgan fingerprint density at radius 1 is 0.700 bits per heavy atom. The lowest BCUT2D eigenvalue weighted by Gasteiger charge is -2.28. The van der Waals surface area contributed by atoms with Crippen LogP contribution in [0.4, 0.5) is 0 Å². The second kappa shape index (κ2) is 30.5. The zero-order chi connectivity index (χ0) is 37.5. The summed E-state index contributed by atoms with van der Waals surface area (Å²) in [5.74, 6) is 1.65. The maximum Gasteiger partial charge on any atom is 0.500 e. The van der Waals surface area contributed by atoms with Gasteiger partial charge in [0, 0.05) is 62.7 Å². The van der Waals surface area contributed by atoms with Crippen LogP contribution in [0.25, 0.3) is 6.08 Å². The molecule has 16 heteroatoms. The number of nitrogens with zero attached hydrogens (tertiary/aromatic N) is 2. The molecule has 1 unspecified atom stereocenters. The van der Waals surface area contributed by atoms with Crippen molar-refractivity contribution in [3.05, 3.63) is 98.2 Å². The highest BCUT2D eigenvalue weighted by Crippen LogP contribution is 2.31. The van der Waals surface area contributed by atoms with Crippen molar-refractivity contribution in [1.29, 1.82) is 0 Å². The molecule has 0 amide bonds. The number of benzene rings is 2. The smallest absolute Gasteiger partial charge is 0.374 e. The first-order chi connectivity index (χ1) is 24.1. The first-order valence-electron chi connectivity index (χ1n) is 17.2. The minimum atomic E-state index is -2.63. The van der Waals surface area contributed by atoms with Crippen LogP contribution in [0.2, 0.25) is 12.1 Å². The van der Waals surface area contributed by atoms with Gasteiger partial charge in [-0.3, -0.25) is 20.2 Å². The number of nitro groups is 2. The van der Waals surface area contributed by atoms with Gasteiger partial charge in [-0.2, -0.15) is 12.6 Å². The van der Waals surface area contributed by atoms with Crippen molar-refractivity contribution in [2.45, 2.75) is 71.7 Å². The fourth-order valence-corrected chi connectivity index (χ4v) is 11.7. The van der Waals surface area contributed by atoms with E-state index in [9.17, 15) is 20.2 Å². The second-order valence-corrected chi connectivity index (χ2v) is 17.4. The zero-order valence-corrected chi connectivity index (χ0v) is 34.2. The van der Waals surface area contributed by atoms with Crippen molar-refractivity contribution in [2.75, 3.05) is 57.7 Å². The molecule has 50 heavy (non-hydrogen) atoms. The summed E-state index contributed by atoms with van der Waals surface area (Å²) < 4.78 is 34.5. The Morgan fingerprint density at radius 3 is 1.50 bits per heavy atom. The van der Waals surface area contributed by atoms with E-state index in [4.69, 9.17) is 26.6 Å². The van der Waals surface area contributed by atoms with Gasteiger partial charge in [-0.25, -0.2) is 0 Å². The summed E-state index contributed by atoms with van der Waals surface area (Å²) in [6, 6.07) is 20.4. The predicted molar refractivity (Wildman–Crippen MR) is 210 cm³/mol. The molecule has 2 rings (SSSR count). The summed E-state index contributed by atoms with van der Waals surface area (Å²) in [6.07, 6.45) is 4.21. The topological polar surface area (TPSA) is 142 Å². The molecule has 0 heterocycles. The van der Waals surface area contributed by atoms with Crippen LogP contribution in [-0.2, 0) is 26.6 Å². The Morgan fingerprint density at radius 2 is 1.12 bits per heavy atom. The van der Waals surface area contributed by atoms with E-state index >= 15 is 0 Å². The third-order valence-electron chi connectivity index (χ3n) is 6.45. The van der Waals surface area contributed by atoms with E-state index in [0.29, 0.717) is 39.6 Å². The third-order valence-corrected chi connectivity index (χ3v) is 14.4. The molecule has 1 atom stereocenters. The zero-order valence-electron chi connectivity index (χ0n) is 30.5. The van der Waals surface area contributed by atoms with Gasteiger partial charge in [0.15, 0.2) is 0 Å². The summed E-state index contributed by atoms with van der Waals surface area (Å²) in [6.45, 7) is 15.3. The standard InChI is InChI=1S/C17H29NO5SSi.C9H22O3SSi.C8H7NO2/c1-4-21-25(22-5-2,23-6-3)14-10-13-24-17(15-18(19)20)16-11-8-7-9-12-16;1-4-10-14(11-5-2,12-6-3)9-7-8-13;10-9(11)7-6-8-4-2-1-3-5-8/h7-9,11-12,17H,4-6,10,13-15H2,1-3H3;13H,4-9H2,1-3H3;1-7H/b;;7-6+. The van der Waals surface area contributed by atoms with Gasteiger partial charge in [-0.15, -0.1) is 11.8 Å². The number of hydrogen-bond acceptors (Lipinski definition) is 12. The highest BCUT2D eigenvalue weighted by molar-refractivity contribution is 7.99. The number of rotatable bonds is 25. The fraction of sp³-hybridized carbons (Fsp3) is 0.588. The lowest BCUT2D eigenvalue weighted by atomic mass is 10.1. The molecule has 0 bridgehead atoms. The van der Waals surface area contributed by atoms with Crippen LogP contribution >= 0.6 is 24.4 Å². The quantitative estimate of drug-likeness (QED) is 0.0341. The van der Waals surface area contributed by atoms with Crippen molar-refractivity contribution < 1.29 is 36.4 Å². The molecule has 2 aromatic carbocycles. The number of thioether (sulfide) groups is 1. The molecular weight excluding hydrogens is 717 g/mol. The molecule has 0 aromatic heterocycles. The summed E-state index contributed by atoms with van der Waals surface area (Å²) in [4.78, 5) is 20.1. The van der Waals surface area contributed by atoms with Gasteiger partial charge >= 0.3 is 17.6 Å². The molecule has 2 aromatic rings. The van der Waals surface area contributed by atoms with E-state index in [1.165, 1.54) is 6.08 Å². The van der Waals surface area contributed by atoms with Gasteiger partial charge in [0.2, 0.25) is 12.7 Å². The van der Waals surface area contributed by atoms with Gasteiger partial charge < -0.3 is 26.6 Å². The average molecular weight is 775 g/mol. The second-order valence-electron chi connectivity index (χ2n) is 10.2. The van der Waals surface area contributed by atoms with E-state index in [2.05, 4.69) is 12.6 Å². The van der Waals surface area contributed by atoms with Crippen LogP contribution in [0.5, 0.6) is 0 Å². The van der Waals surface area contributed by atoms with E-state index in [0.717, 1.165) is 53.8 Å². The minimum Gasteiger partial charge on any atom is -0.374 e. The van der Waals surface area contributed by atoms with E-state index < -0.39 is 22.5 Å². The monoisotopic (exact) mass is 774 g/mol. The molecule has 284 valence electrons. The largest absolute Gasteiger partial charge is 0.500 e. The molecule has 12 nitrogen and oxygen atoms in total. The first kappa shape index (κ1) is 47.9. The summed E-state index contributed by atoms with van der Waals surface area (Å²) in [5, 5.41) is 20.7. The fourth-order valence-electron chi connectivity index (χ4n) is 4.58. The van der Waals surface area contributed by atoms with E-state index in [1.54, 1.807) is 23.9 Å². The molecule has 0 aliphatic rings. The summed E-state index contributed by atoms with van der Waals surface area (Å²) in [7, 11) is -4.99. The third kappa shape index (κ3) is 22.6. The predicted octanol–water partition coefficient (Wildman–Crippen LogP) is 8.46. The highest BCUT2D eigenvalue weighted by atomic mass is 32.2. The van der Waals surface area contributed by atoms with Crippen LogP contribution in [0, 0.1) is 20.2 Å². The van der Waals surface area contributed by atoms with Gasteiger partial charge in [-0.1, -0.05) is 60.7 Å².